The number of aryl methyl sites for hydroxylation is 1. The van der Waals surface area contributed by atoms with E-state index >= 15 is 0 Å². The molecule has 0 N–H and O–H groups in total. The molecule has 1 aliphatic rings. The van der Waals surface area contributed by atoms with Gasteiger partial charge in [-0.3, -0.25) is 4.79 Å². The minimum Gasteiger partial charge on any atom is -0.468 e. The third-order valence-corrected chi connectivity index (χ3v) is 6.27. The molecular weight excluding hydrogens is 356 g/mol. The van der Waals surface area contributed by atoms with Crippen molar-refractivity contribution >= 4 is 22.0 Å². The van der Waals surface area contributed by atoms with Gasteiger partial charge in [0.2, 0.25) is 0 Å². The predicted octanol–water partition coefficient (Wildman–Crippen LogP) is 3.31. The third kappa shape index (κ3) is 4.62. The van der Waals surface area contributed by atoms with E-state index in [1.165, 1.54) is 11.4 Å². The Morgan fingerprint density at radius 3 is 2.38 bits per heavy atom. The summed E-state index contributed by atoms with van der Waals surface area (Å²) in [5.74, 6) is -0.485. The molecule has 1 aromatic carbocycles. The lowest BCUT2D eigenvalue weighted by atomic mass is 10.2. The third-order valence-electron chi connectivity index (χ3n) is 3.91. The minimum atomic E-state index is -3.36. The molecule has 0 saturated carbocycles. The van der Waals surface area contributed by atoms with E-state index < -0.39 is 33.6 Å². The first-order valence-corrected chi connectivity index (χ1v) is 9.95. The zero-order valence-electron chi connectivity index (χ0n) is 15.9. The summed E-state index contributed by atoms with van der Waals surface area (Å²) in [6, 6.07) is 6.21. The monoisotopic (exact) mass is 382 g/mol. The highest BCUT2D eigenvalue weighted by atomic mass is 32.2. The van der Waals surface area contributed by atoms with Crippen molar-refractivity contribution in [1.82, 2.24) is 4.31 Å². The van der Waals surface area contributed by atoms with Crippen LogP contribution >= 0.6 is 0 Å². The first kappa shape index (κ1) is 20.4. The quantitative estimate of drug-likeness (QED) is 0.749. The fraction of sp³-hybridized carbons (Fsp3) is 0.556. The summed E-state index contributed by atoms with van der Waals surface area (Å²) in [5.41, 5.74) is 0.222. The Labute approximate surface area is 155 Å². The van der Waals surface area contributed by atoms with Crippen molar-refractivity contribution in [3.05, 3.63) is 29.8 Å². The topological polar surface area (TPSA) is 85.3 Å². The first-order valence-electron chi connectivity index (χ1n) is 8.48. The molecule has 26 heavy (non-hydrogen) atoms. The van der Waals surface area contributed by atoms with E-state index in [-0.39, 0.29) is 0 Å². The number of rotatable bonds is 3. The van der Waals surface area contributed by atoms with Crippen molar-refractivity contribution in [3.8, 4) is 0 Å². The number of hydrogen-bond acceptors (Lipinski definition) is 5. The van der Waals surface area contributed by atoms with Gasteiger partial charge in [-0.2, -0.15) is 4.31 Å². The maximum Gasteiger partial charge on any atom is 0.443 e. The summed E-state index contributed by atoms with van der Waals surface area (Å²) in [6.45, 7) is 7.41. The number of carbonyl (C=O) groups excluding carboxylic acids is 2. The zero-order valence-corrected chi connectivity index (χ0v) is 16.7. The number of benzene rings is 1. The van der Waals surface area contributed by atoms with E-state index in [0.29, 0.717) is 24.3 Å². The number of amides is 1. The first-order chi connectivity index (χ1) is 12.1. The molecule has 1 aromatic rings. The van der Waals surface area contributed by atoms with Gasteiger partial charge in [0.05, 0.1) is 12.0 Å². The van der Waals surface area contributed by atoms with E-state index in [9.17, 15) is 13.8 Å². The average Bonchev–Trinajstić information content (AvgIpc) is 3.03. The van der Waals surface area contributed by atoms with Crippen molar-refractivity contribution in [2.24, 2.45) is 4.36 Å². The molecule has 1 aliphatic heterocycles. The zero-order chi connectivity index (χ0) is 19.5. The Morgan fingerprint density at radius 2 is 1.85 bits per heavy atom. The van der Waals surface area contributed by atoms with Crippen LogP contribution in [-0.4, -0.2) is 45.9 Å². The fourth-order valence-electron chi connectivity index (χ4n) is 2.75. The summed E-state index contributed by atoms with van der Waals surface area (Å²) in [6.07, 6.45) is 0.241. The molecule has 1 saturated heterocycles. The van der Waals surface area contributed by atoms with Gasteiger partial charge in [0.1, 0.15) is 11.6 Å². The Kier molecular flexibility index (Phi) is 6.08. The number of hydrogen-bond donors (Lipinski definition) is 0. The second kappa shape index (κ2) is 7.75. The van der Waals surface area contributed by atoms with Gasteiger partial charge in [-0.15, -0.1) is 4.36 Å². The van der Waals surface area contributed by atoms with Crippen LogP contribution in [0.4, 0.5) is 4.79 Å². The van der Waals surface area contributed by atoms with Gasteiger partial charge >= 0.3 is 12.1 Å². The molecule has 0 aromatic heterocycles. The molecule has 1 fully saturated rings. The van der Waals surface area contributed by atoms with E-state index in [2.05, 4.69) is 4.36 Å². The number of carbonyl (C=O) groups is 2. The number of nitrogens with zero attached hydrogens (tertiary/aromatic N) is 2. The van der Waals surface area contributed by atoms with Crippen LogP contribution in [0.1, 0.15) is 39.2 Å². The molecule has 0 bridgehead atoms. The van der Waals surface area contributed by atoms with Gasteiger partial charge < -0.3 is 9.47 Å². The summed E-state index contributed by atoms with van der Waals surface area (Å²) in [5, 5.41) is 0. The van der Waals surface area contributed by atoms with Gasteiger partial charge in [-0.05, 0) is 52.7 Å². The Hall–Kier alpha value is -1.93. The molecular formula is C18H26N2O5S. The lowest BCUT2D eigenvalue weighted by Crippen LogP contribution is -2.41. The van der Waals surface area contributed by atoms with Crippen molar-refractivity contribution in [2.75, 3.05) is 13.7 Å². The van der Waals surface area contributed by atoms with Crippen molar-refractivity contribution in [2.45, 2.75) is 57.1 Å². The smallest absolute Gasteiger partial charge is 0.443 e. The van der Waals surface area contributed by atoms with Crippen LogP contribution in [0.25, 0.3) is 0 Å². The van der Waals surface area contributed by atoms with Crippen molar-refractivity contribution in [1.29, 1.82) is 0 Å². The summed E-state index contributed by atoms with van der Waals surface area (Å²) >= 11 is 0. The Morgan fingerprint density at radius 1 is 1.23 bits per heavy atom. The predicted molar refractivity (Wildman–Crippen MR) is 98.0 cm³/mol. The van der Waals surface area contributed by atoms with Crippen LogP contribution in [0, 0.1) is 6.92 Å². The standard InChI is InChI=1S/C18H26N2O5S/c1-13-8-10-14(11-9-13)26(23,19-17(22)25-18(2,3)4)20-12-6-7-15(20)16(21)24-5/h8-11,15H,6-7,12H2,1-5H3/t15-,26-/m0/s1. The largest absolute Gasteiger partial charge is 0.468 e. The van der Waals surface area contributed by atoms with Crippen LogP contribution in [0.2, 0.25) is 0 Å². The van der Waals surface area contributed by atoms with Gasteiger partial charge in [0, 0.05) is 6.54 Å². The van der Waals surface area contributed by atoms with Gasteiger partial charge in [0.25, 0.3) is 0 Å². The fourth-order valence-corrected chi connectivity index (χ4v) is 4.87. The summed E-state index contributed by atoms with van der Waals surface area (Å²) < 4.78 is 29.3. The van der Waals surface area contributed by atoms with Crippen LogP contribution in [-0.2, 0) is 24.2 Å². The molecule has 8 heteroatoms. The number of esters is 1. The summed E-state index contributed by atoms with van der Waals surface area (Å²) in [4.78, 5) is 24.8. The summed E-state index contributed by atoms with van der Waals surface area (Å²) in [7, 11) is -2.07. The van der Waals surface area contributed by atoms with Crippen LogP contribution < -0.4 is 0 Å². The highest BCUT2D eigenvalue weighted by Crippen LogP contribution is 2.29. The Balaban J connectivity index is 2.55. The highest BCUT2D eigenvalue weighted by Gasteiger charge is 2.39. The maximum atomic E-state index is 13.9. The molecule has 1 heterocycles. The van der Waals surface area contributed by atoms with Crippen LogP contribution in [0.15, 0.2) is 33.5 Å². The molecule has 0 unspecified atom stereocenters. The lowest BCUT2D eigenvalue weighted by molar-refractivity contribution is -0.144. The molecule has 2 rings (SSSR count). The van der Waals surface area contributed by atoms with E-state index in [1.54, 1.807) is 45.0 Å². The highest BCUT2D eigenvalue weighted by molar-refractivity contribution is 7.91. The molecule has 0 aliphatic carbocycles. The van der Waals surface area contributed by atoms with Gasteiger partial charge in [-0.1, -0.05) is 17.7 Å². The molecule has 2 atom stereocenters. The maximum absolute atomic E-state index is 13.9. The van der Waals surface area contributed by atoms with Crippen molar-refractivity contribution in [3.63, 3.8) is 0 Å². The molecule has 7 nitrogen and oxygen atoms in total. The number of ether oxygens (including phenoxy) is 2. The van der Waals surface area contributed by atoms with Crippen LogP contribution in [0.3, 0.4) is 0 Å². The lowest BCUT2D eigenvalue weighted by Gasteiger charge is -2.26. The van der Waals surface area contributed by atoms with Crippen molar-refractivity contribution < 1.29 is 23.3 Å². The van der Waals surface area contributed by atoms with E-state index in [0.717, 1.165) is 5.56 Å². The normalized spacial score (nSPS) is 20.3. The SMILES string of the molecule is COC(=O)[C@@H]1CCCN1[S@@](=O)(=NC(=O)OC(C)(C)C)c1ccc(C)cc1. The number of methoxy groups -OCH3 is 1. The van der Waals surface area contributed by atoms with E-state index in [1.807, 2.05) is 6.92 Å². The molecule has 0 radical (unpaired) electrons. The minimum absolute atomic E-state index is 0.366. The Bertz CT molecular complexity index is 789. The molecule has 144 valence electrons. The second-order valence-corrected chi connectivity index (χ2v) is 9.32. The average molecular weight is 382 g/mol. The van der Waals surface area contributed by atoms with Gasteiger partial charge in [0.15, 0.2) is 9.92 Å². The molecule has 1 amide bonds. The van der Waals surface area contributed by atoms with Crippen LogP contribution in [0.5, 0.6) is 0 Å². The second-order valence-electron chi connectivity index (χ2n) is 7.20. The van der Waals surface area contributed by atoms with E-state index in [4.69, 9.17) is 9.47 Å². The molecule has 0 spiro atoms. The van der Waals surface area contributed by atoms with Gasteiger partial charge in [-0.25, -0.2) is 9.00 Å².